The minimum absolute atomic E-state index is 0.170. The maximum absolute atomic E-state index is 12.3. The highest BCUT2D eigenvalue weighted by molar-refractivity contribution is 6.21. The summed E-state index contributed by atoms with van der Waals surface area (Å²) < 4.78 is 5.07. The van der Waals surface area contributed by atoms with Gasteiger partial charge in [0.25, 0.3) is 5.91 Å². The largest absolute Gasteiger partial charge is 0.497 e. The van der Waals surface area contributed by atoms with Crippen molar-refractivity contribution in [1.82, 2.24) is 5.32 Å². The van der Waals surface area contributed by atoms with Gasteiger partial charge < -0.3 is 10.1 Å². The number of imide groups is 1. The zero-order valence-electron chi connectivity index (χ0n) is 11.9. The fourth-order valence-corrected chi connectivity index (χ4v) is 2.30. The lowest BCUT2D eigenvalue weighted by Crippen LogP contribution is -2.31. The van der Waals surface area contributed by atoms with Crippen molar-refractivity contribution in [2.75, 3.05) is 12.0 Å². The summed E-state index contributed by atoms with van der Waals surface area (Å²) in [5.74, 6) is 0.525. The van der Waals surface area contributed by atoms with Crippen LogP contribution in [0, 0.1) is 0 Å². The smallest absolute Gasteiger partial charge is 0.329 e. The molecule has 1 atom stereocenters. The van der Waals surface area contributed by atoms with E-state index in [9.17, 15) is 9.59 Å². The highest BCUT2D eigenvalue weighted by Gasteiger charge is 2.38. The first kappa shape index (κ1) is 14.4. The van der Waals surface area contributed by atoms with Gasteiger partial charge in [-0.15, -0.1) is 0 Å². The first-order valence-corrected chi connectivity index (χ1v) is 6.96. The van der Waals surface area contributed by atoms with E-state index in [2.05, 4.69) is 12.2 Å². The third-order valence-electron chi connectivity index (χ3n) is 3.45. The third-order valence-corrected chi connectivity index (χ3v) is 3.45. The van der Waals surface area contributed by atoms with Crippen LogP contribution in [-0.4, -0.2) is 25.1 Å². The number of nitrogens with one attached hydrogen (secondary N) is 1. The highest BCUT2D eigenvalue weighted by atomic mass is 16.5. The van der Waals surface area contributed by atoms with Gasteiger partial charge in [0.1, 0.15) is 11.8 Å². The number of rotatable bonds is 6. The number of hydrogen-bond donors (Lipinski definition) is 1. The molecule has 0 spiro atoms. The molecule has 3 amide bonds. The van der Waals surface area contributed by atoms with Crippen molar-refractivity contribution < 1.29 is 14.3 Å². The Morgan fingerprint density at radius 2 is 1.90 bits per heavy atom. The van der Waals surface area contributed by atoms with Crippen LogP contribution in [0.4, 0.5) is 10.5 Å². The monoisotopic (exact) mass is 276 g/mol. The third kappa shape index (κ3) is 2.92. The number of carbonyl (C=O) groups is 2. The molecule has 1 saturated heterocycles. The molecule has 1 aromatic rings. The van der Waals surface area contributed by atoms with Crippen LogP contribution in [0.3, 0.4) is 0 Å². The summed E-state index contributed by atoms with van der Waals surface area (Å²) in [6.07, 6.45) is 3.81. The first-order chi connectivity index (χ1) is 9.67. The van der Waals surface area contributed by atoms with Gasteiger partial charge in [0, 0.05) is 0 Å². The Morgan fingerprint density at radius 3 is 2.50 bits per heavy atom. The van der Waals surface area contributed by atoms with E-state index in [1.54, 1.807) is 31.4 Å². The van der Waals surface area contributed by atoms with Crippen molar-refractivity contribution >= 4 is 17.6 Å². The predicted molar refractivity (Wildman–Crippen MR) is 76.9 cm³/mol. The van der Waals surface area contributed by atoms with Gasteiger partial charge in [-0.1, -0.05) is 26.2 Å². The van der Waals surface area contributed by atoms with Crippen LogP contribution in [0.1, 0.15) is 32.6 Å². The summed E-state index contributed by atoms with van der Waals surface area (Å²) >= 11 is 0. The molecule has 108 valence electrons. The van der Waals surface area contributed by atoms with Crippen LogP contribution < -0.4 is 15.0 Å². The minimum atomic E-state index is -0.392. The number of methoxy groups -OCH3 is 1. The molecular formula is C15H20N2O3. The van der Waals surface area contributed by atoms with Crippen molar-refractivity contribution in [2.24, 2.45) is 0 Å². The van der Waals surface area contributed by atoms with Gasteiger partial charge in [0.05, 0.1) is 12.8 Å². The summed E-state index contributed by atoms with van der Waals surface area (Å²) in [7, 11) is 1.58. The molecule has 0 saturated carbocycles. The topological polar surface area (TPSA) is 58.6 Å². The fraction of sp³-hybridized carbons (Fsp3) is 0.467. The molecule has 0 unspecified atom stereocenters. The minimum Gasteiger partial charge on any atom is -0.497 e. The Kier molecular flexibility index (Phi) is 4.61. The molecular weight excluding hydrogens is 256 g/mol. The molecule has 1 aliphatic rings. The number of nitrogens with zero attached hydrogens (tertiary/aromatic N) is 1. The van der Waals surface area contributed by atoms with Gasteiger partial charge >= 0.3 is 6.03 Å². The predicted octanol–water partition coefficient (Wildman–Crippen LogP) is 2.70. The SMILES string of the molecule is CCCCC[C@@H]1NC(=O)N(c2ccc(OC)cc2)C1=O. The van der Waals surface area contributed by atoms with E-state index in [1.165, 1.54) is 4.90 Å². The van der Waals surface area contributed by atoms with E-state index in [0.29, 0.717) is 17.9 Å². The van der Waals surface area contributed by atoms with Crippen molar-refractivity contribution in [3.05, 3.63) is 24.3 Å². The van der Waals surface area contributed by atoms with E-state index in [4.69, 9.17) is 4.74 Å². The van der Waals surface area contributed by atoms with Gasteiger partial charge in [-0.25, -0.2) is 9.69 Å². The zero-order chi connectivity index (χ0) is 14.5. The quantitative estimate of drug-likeness (QED) is 0.642. The number of amides is 3. The molecule has 0 radical (unpaired) electrons. The Morgan fingerprint density at radius 1 is 1.20 bits per heavy atom. The van der Waals surface area contributed by atoms with Gasteiger partial charge in [0.2, 0.25) is 0 Å². The summed E-state index contributed by atoms with van der Waals surface area (Å²) in [4.78, 5) is 25.4. The lowest BCUT2D eigenvalue weighted by molar-refractivity contribution is -0.118. The molecule has 0 bridgehead atoms. The second-order valence-electron chi connectivity index (χ2n) is 4.87. The lowest BCUT2D eigenvalue weighted by Gasteiger charge is -2.13. The zero-order valence-corrected chi connectivity index (χ0v) is 11.9. The molecule has 1 N–H and O–H groups in total. The Labute approximate surface area is 118 Å². The number of urea groups is 1. The number of hydrogen-bond acceptors (Lipinski definition) is 3. The molecule has 5 heteroatoms. The number of benzene rings is 1. The average molecular weight is 276 g/mol. The van der Waals surface area contributed by atoms with Gasteiger partial charge in [-0.2, -0.15) is 0 Å². The normalized spacial score (nSPS) is 18.3. The first-order valence-electron chi connectivity index (χ1n) is 6.96. The number of ether oxygens (including phenoxy) is 1. The molecule has 1 heterocycles. The average Bonchev–Trinajstić information content (AvgIpc) is 2.74. The van der Waals surface area contributed by atoms with E-state index < -0.39 is 6.04 Å². The van der Waals surface area contributed by atoms with Crippen molar-refractivity contribution in [3.8, 4) is 5.75 Å². The summed E-state index contributed by atoms with van der Waals surface area (Å²) in [5, 5.41) is 2.75. The summed E-state index contributed by atoms with van der Waals surface area (Å²) in [5.41, 5.74) is 0.575. The van der Waals surface area contributed by atoms with Gasteiger partial charge in [0.15, 0.2) is 0 Å². The number of anilines is 1. The van der Waals surface area contributed by atoms with Crippen LogP contribution in [0.2, 0.25) is 0 Å². The van der Waals surface area contributed by atoms with Crippen molar-refractivity contribution in [1.29, 1.82) is 0 Å². The maximum Gasteiger partial charge on any atom is 0.329 e. The molecule has 5 nitrogen and oxygen atoms in total. The van der Waals surface area contributed by atoms with Crippen LogP contribution in [0.5, 0.6) is 5.75 Å². The van der Waals surface area contributed by atoms with E-state index >= 15 is 0 Å². The van der Waals surface area contributed by atoms with Gasteiger partial charge in [-0.05, 0) is 30.7 Å². The lowest BCUT2D eigenvalue weighted by atomic mass is 10.1. The Bertz CT molecular complexity index is 484. The van der Waals surface area contributed by atoms with Crippen LogP contribution in [0.25, 0.3) is 0 Å². The van der Waals surface area contributed by atoms with Crippen LogP contribution >= 0.6 is 0 Å². The second-order valence-corrected chi connectivity index (χ2v) is 4.87. The molecule has 20 heavy (non-hydrogen) atoms. The molecule has 2 rings (SSSR count). The van der Waals surface area contributed by atoms with Crippen LogP contribution in [-0.2, 0) is 4.79 Å². The Hall–Kier alpha value is -2.04. The van der Waals surface area contributed by atoms with E-state index in [-0.39, 0.29) is 11.9 Å². The van der Waals surface area contributed by atoms with E-state index in [1.807, 2.05) is 0 Å². The van der Waals surface area contributed by atoms with Crippen molar-refractivity contribution in [2.45, 2.75) is 38.6 Å². The maximum atomic E-state index is 12.3. The van der Waals surface area contributed by atoms with Crippen LogP contribution in [0.15, 0.2) is 24.3 Å². The van der Waals surface area contributed by atoms with Gasteiger partial charge in [-0.3, -0.25) is 4.79 Å². The van der Waals surface area contributed by atoms with Crippen molar-refractivity contribution in [3.63, 3.8) is 0 Å². The highest BCUT2D eigenvalue weighted by Crippen LogP contribution is 2.24. The number of unbranched alkanes of at least 4 members (excludes halogenated alkanes) is 2. The molecule has 1 aliphatic heterocycles. The summed E-state index contributed by atoms with van der Waals surface area (Å²) in [6, 6.07) is 6.16. The molecule has 1 fully saturated rings. The molecule has 0 aromatic heterocycles. The molecule has 1 aromatic carbocycles. The Balaban J connectivity index is 2.07. The second kappa shape index (κ2) is 6.41. The summed E-state index contributed by atoms with van der Waals surface area (Å²) in [6.45, 7) is 2.11. The molecule has 0 aliphatic carbocycles. The standard InChI is InChI=1S/C15H20N2O3/c1-3-4-5-6-13-14(18)17(15(19)16-13)11-7-9-12(20-2)10-8-11/h7-10,13H,3-6H2,1-2H3,(H,16,19)/t13-/m0/s1. The number of carbonyl (C=O) groups excluding carboxylic acids is 2. The van der Waals surface area contributed by atoms with E-state index in [0.717, 1.165) is 19.3 Å². The fourth-order valence-electron chi connectivity index (χ4n) is 2.30.